The van der Waals surface area contributed by atoms with E-state index in [4.69, 9.17) is 16.3 Å². The number of halogens is 2. The summed E-state index contributed by atoms with van der Waals surface area (Å²) >= 11 is 5.89. The number of fused-ring (bicyclic) bond motifs is 1. The molecule has 0 atom stereocenters. The molecular formula is C21H21ClFN3O5. The molecule has 31 heavy (non-hydrogen) atoms. The number of carbonyl (C=O) groups is 1. The summed E-state index contributed by atoms with van der Waals surface area (Å²) in [6.07, 6.45) is 1.28. The second-order valence-corrected chi connectivity index (χ2v) is 8.27. The van der Waals surface area contributed by atoms with E-state index >= 15 is 0 Å². The molecule has 1 amide bonds. The first kappa shape index (κ1) is 21.3. The summed E-state index contributed by atoms with van der Waals surface area (Å²) in [6, 6.07) is 7.26. The maximum absolute atomic E-state index is 14.0. The van der Waals surface area contributed by atoms with Crippen molar-refractivity contribution in [2.24, 2.45) is 0 Å². The minimum Gasteiger partial charge on any atom is -0.490 e. The molecule has 8 nitrogen and oxygen atoms in total. The number of nitrogens with zero attached hydrogens (tertiary/aromatic N) is 2. The van der Waals surface area contributed by atoms with E-state index < -0.39 is 16.3 Å². The Morgan fingerprint density at radius 1 is 1.26 bits per heavy atom. The third kappa shape index (κ3) is 4.42. The lowest BCUT2D eigenvalue weighted by atomic mass is 9.91. The number of rotatable bonds is 5. The number of amides is 1. The zero-order valence-electron chi connectivity index (χ0n) is 16.6. The first-order valence-electron chi connectivity index (χ1n) is 9.91. The number of aliphatic hydroxyl groups is 1. The average molecular weight is 450 g/mol. The van der Waals surface area contributed by atoms with Gasteiger partial charge in [-0.05, 0) is 43.5 Å². The van der Waals surface area contributed by atoms with Crippen molar-refractivity contribution in [1.29, 1.82) is 0 Å². The Bertz CT molecular complexity index is 1040. The molecule has 4 rings (SSSR count). The fourth-order valence-corrected chi connectivity index (χ4v) is 4.16. The van der Waals surface area contributed by atoms with E-state index in [-0.39, 0.29) is 35.3 Å². The highest BCUT2D eigenvalue weighted by Gasteiger charge is 2.35. The molecule has 0 saturated carbocycles. The molecule has 1 fully saturated rings. The number of hydrogen-bond donors (Lipinski definition) is 2. The summed E-state index contributed by atoms with van der Waals surface area (Å²) in [5.41, 5.74) is -0.0328. The highest BCUT2D eigenvalue weighted by atomic mass is 35.5. The molecule has 2 aliphatic rings. The van der Waals surface area contributed by atoms with Crippen LogP contribution in [-0.4, -0.2) is 41.2 Å². The molecule has 0 aliphatic carbocycles. The summed E-state index contributed by atoms with van der Waals surface area (Å²) in [5, 5.41) is 25.2. The summed E-state index contributed by atoms with van der Waals surface area (Å²) in [4.78, 5) is 24.3. The van der Waals surface area contributed by atoms with E-state index in [1.807, 2.05) is 4.90 Å². The maximum atomic E-state index is 14.0. The first-order valence-corrected chi connectivity index (χ1v) is 10.3. The maximum Gasteiger partial charge on any atom is 0.294 e. The van der Waals surface area contributed by atoms with Crippen LogP contribution in [0.4, 0.5) is 21.5 Å². The Morgan fingerprint density at radius 2 is 2.00 bits per heavy atom. The van der Waals surface area contributed by atoms with Crippen molar-refractivity contribution in [3.05, 3.63) is 56.8 Å². The van der Waals surface area contributed by atoms with Gasteiger partial charge in [0.05, 0.1) is 10.6 Å². The van der Waals surface area contributed by atoms with Gasteiger partial charge >= 0.3 is 0 Å². The van der Waals surface area contributed by atoms with Crippen LogP contribution in [0.25, 0.3) is 0 Å². The average Bonchev–Trinajstić information content (AvgIpc) is 2.74. The number of anilines is 2. The SMILES string of the molecule is O=C1CCc2c(OCC3(O)CCN(c4ccc(Cl)cc4[N+](=O)[O-])CC3)ccc(F)c2N1. The molecule has 1 saturated heterocycles. The van der Waals surface area contributed by atoms with Gasteiger partial charge in [-0.1, -0.05) is 11.6 Å². The molecule has 0 spiro atoms. The number of carbonyl (C=O) groups excluding carboxylic acids is 1. The third-order valence-electron chi connectivity index (χ3n) is 5.75. The van der Waals surface area contributed by atoms with Crippen LogP contribution in [0.2, 0.25) is 5.02 Å². The van der Waals surface area contributed by atoms with E-state index in [2.05, 4.69) is 5.32 Å². The molecule has 0 bridgehead atoms. The van der Waals surface area contributed by atoms with Crippen LogP contribution < -0.4 is 15.0 Å². The Morgan fingerprint density at radius 3 is 2.71 bits per heavy atom. The van der Waals surface area contributed by atoms with E-state index in [0.717, 1.165) is 0 Å². The van der Waals surface area contributed by atoms with Gasteiger partial charge in [-0.3, -0.25) is 14.9 Å². The van der Waals surface area contributed by atoms with E-state index in [9.17, 15) is 24.4 Å². The van der Waals surface area contributed by atoms with Crippen LogP contribution in [0.3, 0.4) is 0 Å². The van der Waals surface area contributed by atoms with Crippen LogP contribution >= 0.6 is 11.6 Å². The lowest BCUT2D eigenvalue weighted by Gasteiger charge is -2.39. The monoisotopic (exact) mass is 449 g/mol. The lowest BCUT2D eigenvalue weighted by Crippen LogP contribution is -2.48. The van der Waals surface area contributed by atoms with Crippen LogP contribution in [0.1, 0.15) is 24.8 Å². The van der Waals surface area contributed by atoms with Gasteiger partial charge in [0.1, 0.15) is 29.5 Å². The Hall–Kier alpha value is -2.91. The summed E-state index contributed by atoms with van der Waals surface area (Å²) in [5.74, 6) is -0.335. The molecule has 10 heteroatoms. The number of piperidine rings is 1. The Balaban J connectivity index is 1.43. The smallest absolute Gasteiger partial charge is 0.294 e. The quantitative estimate of drug-likeness (QED) is 0.533. The van der Waals surface area contributed by atoms with Crippen LogP contribution in [0.5, 0.6) is 5.75 Å². The van der Waals surface area contributed by atoms with Crippen LogP contribution in [-0.2, 0) is 11.2 Å². The molecule has 0 unspecified atom stereocenters. The molecule has 0 radical (unpaired) electrons. The lowest BCUT2D eigenvalue weighted by molar-refractivity contribution is -0.384. The zero-order chi connectivity index (χ0) is 22.2. The van der Waals surface area contributed by atoms with Gasteiger partial charge in [0.2, 0.25) is 5.91 Å². The number of nitro groups is 1. The molecule has 2 N–H and O–H groups in total. The number of nitro benzene ring substituents is 1. The standard InChI is InChI=1S/C21H21ClFN3O5/c22-13-1-4-16(17(11-13)26(29)30)25-9-7-21(28,8-10-25)12-31-18-5-3-15(23)20-14(18)2-6-19(27)24-20/h1,3-5,11,28H,2,6-10,12H2,(H,24,27). The van der Waals surface area contributed by atoms with Crippen molar-refractivity contribution >= 4 is 34.6 Å². The van der Waals surface area contributed by atoms with Gasteiger partial charge in [-0.25, -0.2) is 4.39 Å². The molecule has 2 heterocycles. The fourth-order valence-electron chi connectivity index (χ4n) is 3.99. The predicted octanol–water partition coefficient (Wildman–Crippen LogP) is 3.68. The minimum atomic E-state index is -1.13. The number of hydrogen-bond acceptors (Lipinski definition) is 6. The van der Waals surface area contributed by atoms with E-state index in [1.54, 1.807) is 12.1 Å². The first-order chi connectivity index (χ1) is 14.8. The summed E-state index contributed by atoms with van der Waals surface area (Å²) in [7, 11) is 0. The predicted molar refractivity (Wildman–Crippen MR) is 113 cm³/mol. The molecule has 0 aromatic heterocycles. The minimum absolute atomic E-state index is 0.00439. The number of ether oxygens (including phenoxy) is 1. The van der Waals surface area contributed by atoms with Crippen molar-refractivity contribution in [3.8, 4) is 5.75 Å². The van der Waals surface area contributed by atoms with Crippen molar-refractivity contribution in [2.75, 3.05) is 29.9 Å². The topological polar surface area (TPSA) is 105 Å². The summed E-state index contributed by atoms with van der Waals surface area (Å²) < 4.78 is 19.9. The Labute approximate surface area is 182 Å². The third-order valence-corrected chi connectivity index (χ3v) is 5.99. The highest BCUT2D eigenvalue weighted by Crippen LogP contribution is 2.37. The van der Waals surface area contributed by atoms with Gasteiger partial charge in [-0.2, -0.15) is 0 Å². The van der Waals surface area contributed by atoms with Crippen LogP contribution in [0, 0.1) is 15.9 Å². The molecule has 164 valence electrons. The molecule has 2 aromatic carbocycles. The second-order valence-electron chi connectivity index (χ2n) is 7.84. The van der Waals surface area contributed by atoms with Crippen molar-refractivity contribution in [3.63, 3.8) is 0 Å². The summed E-state index contributed by atoms with van der Waals surface area (Å²) in [6.45, 7) is 0.801. The zero-order valence-corrected chi connectivity index (χ0v) is 17.3. The van der Waals surface area contributed by atoms with Gasteiger partial charge in [0, 0.05) is 36.2 Å². The van der Waals surface area contributed by atoms with Gasteiger partial charge in [-0.15, -0.1) is 0 Å². The molecule has 2 aromatic rings. The molecular weight excluding hydrogens is 429 g/mol. The molecule has 2 aliphatic heterocycles. The fraction of sp³-hybridized carbons (Fsp3) is 0.381. The van der Waals surface area contributed by atoms with E-state index in [1.165, 1.54) is 18.2 Å². The highest BCUT2D eigenvalue weighted by molar-refractivity contribution is 6.30. The largest absolute Gasteiger partial charge is 0.490 e. The van der Waals surface area contributed by atoms with Crippen LogP contribution in [0.15, 0.2) is 30.3 Å². The van der Waals surface area contributed by atoms with Gasteiger partial charge in [0.15, 0.2) is 0 Å². The van der Waals surface area contributed by atoms with Crippen molar-refractivity contribution < 1.29 is 24.0 Å². The second kappa shape index (κ2) is 8.32. The van der Waals surface area contributed by atoms with Crippen molar-refractivity contribution in [2.45, 2.75) is 31.3 Å². The number of benzene rings is 2. The normalized spacial score (nSPS) is 17.6. The Kier molecular flexibility index (Phi) is 5.72. The van der Waals surface area contributed by atoms with Crippen molar-refractivity contribution in [1.82, 2.24) is 0 Å². The number of nitrogens with one attached hydrogen (secondary N) is 1. The van der Waals surface area contributed by atoms with E-state index in [0.29, 0.717) is 49.4 Å². The van der Waals surface area contributed by atoms with Gasteiger partial charge < -0.3 is 20.1 Å². The van der Waals surface area contributed by atoms with Gasteiger partial charge in [0.25, 0.3) is 5.69 Å².